The summed E-state index contributed by atoms with van der Waals surface area (Å²) in [5.74, 6) is 0.168. The van der Waals surface area contributed by atoms with E-state index in [0.29, 0.717) is 23.5 Å². The van der Waals surface area contributed by atoms with E-state index in [4.69, 9.17) is 11.6 Å². The fraction of sp³-hybridized carbons (Fsp3) is 0.364. The van der Waals surface area contributed by atoms with Gasteiger partial charge in [0.25, 0.3) is 5.91 Å². The van der Waals surface area contributed by atoms with Crippen LogP contribution in [-0.4, -0.2) is 69.8 Å². The van der Waals surface area contributed by atoms with Crippen molar-refractivity contribution < 1.29 is 9.18 Å². The molecule has 32 heavy (non-hydrogen) atoms. The Bertz CT molecular complexity index is 1050. The van der Waals surface area contributed by atoms with Crippen molar-refractivity contribution in [1.29, 1.82) is 0 Å². The summed E-state index contributed by atoms with van der Waals surface area (Å²) in [4.78, 5) is 25.9. The molecule has 8 nitrogen and oxygen atoms in total. The van der Waals surface area contributed by atoms with Crippen LogP contribution < -0.4 is 10.2 Å². The molecule has 0 saturated carbocycles. The van der Waals surface area contributed by atoms with Crippen LogP contribution in [0.25, 0.3) is 5.69 Å². The number of hydrogen-bond acceptors (Lipinski definition) is 6. The molecule has 0 radical (unpaired) electrons. The van der Waals surface area contributed by atoms with E-state index in [9.17, 15) is 9.18 Å². The fourth-order valence-electron chi connectivity index (χ4n) is 3.73. The van der Waals surface area contributed by atoms with E-state index >= 15 is 0 Å². The van der Waals surface area contributed by atoms with E-state index in [1.54, 1.807) is 31.5 Å². The van der Waals surface area contributed by atoms with E-state index in [1.165, 1.54) is 16.8 Å². The number of halogens is 2. The maximum absolute atomic E-state index is 13.2. The number of piperazine rings is 1. The minimum Gasteiger partial charge on any atom is -0.352 e. The van der Waals surface area contributed by atoms with Gasteiger partial charge in [0.05, 0.1) is 16.9 Å². The molecule has 3 aromatic rings. The lowest BCUT2D eigenvalue weighted by atomic mass is 10.2. The smallest absolute Gasteiger partial charge is 0.256 e. The molecular formula is C22H25ClFN7O. The van der Waals surface area contributed by atoms with Gasteiger partial charge in [-0.1, -0.05) is 11.6 Å². The minimum absolute atomic E-state index is 0.214. The van der Waals surface area contributed by atoms with Crippen LogP contribution in [-0.2, 0) is 0 Å². The molecule has 0 bridgehead atoms. The number of carbonyl (C=O) groups excluding carboxylic acids is 1. The molecule has 1 amide bonds. The Labute approximate surface area is 191 Å². The second kappa shape index (κ2) is 10.1. The summed E-state index contributed by atoms with van der Waals surface area (Å²) in [7, 11) is 0. The van der Waals surface area contributed by atoms with Gasteiger partial charge in [0.15, 0.2) is 0 Å². The van der Waals surface area contributed by atoms with Gasteiger partial charge in [-0.25, -0.2) is 19.0 Å². The Morgan fingerprint density at radius 3 is 2.50 bits per heavy atom. The Morgan fingerprint density at radius 1 is 1.12 bits per heavy atom. The molecule has 0 unspecified atom stereocenters. The highest BCUT2D eigenvalue weighted by atomic mass is 35.5. The maximum Gasteiger partial charge on any atom is 0.256 e. The molecule has 0 aliphatic carbocycles. The predicted octanol–water partition coefficient (Wildman–Crippen LogP) is 2.71. The van der Waals surface area contributed by atoms with Gasteiger partial charge in [-0.15, -0.1) is 0 Å². The molecule has 0 atom stereocenters. The van der Waals surface area contributed by atoms with E-state index in [2.05, 4.69) is 30.2 Å². The standard InChI is InChI=1S/C22H25ClFN7O/c1-16-19(20(23)31(28-16)18-6-4-17(24)5-7-18)21(32)25-10-3-11-29-12-14-30(15-13-29)22-26-8-2-9-27-22/h2,4-9H,3,10-15H2,1H3,(H,25,32). The summed E-state index contributed by atoms with van der Waals surface area (Å²) < 4.78 is 14.6. The fourth-order valence-corrected chi connectivity index (χ4v) is 4.09. The van der Waals surface area contributed by atoms with Crippen LogP contribution in [0.4, 0.5) is 10.3 Å². The van der Waals surface area contributed by atoms with E-state index in [-0.39, 0.29) is 16.9 Å². The number of rotatable bonds is 7. The summed E-state index contributed by atoms with van der Waals surface area (Å²) in [6.45, 7) is 6.80. The molecule has 1 aromatic carbocycles. The second-order valence-electron chi connectivity index (χ2n) is 7.63. The summed E-state index contributed by atoms with van der Waals surface area (Å²) in [5.41, 5.74) is 1.46. The third-order valence-electron chi connectivity index (χ3n) is 5.45. The van der Waals surface area contributed by atoms with Gasteiger partial charge >= 0.3 is 0 Å². The Kier molecular flexibility index (Phi) is 6.96. The number of aryl methyl sites for hydroxylation is 1. The van der Waals surface area contributed by atoms with Crippen LogP contribution in [0.3, 0.4) is 0 Å². The zero-order valence-electron chi connectivity index (χ0n) is 17.8. The highest BCUT2D eigenvalue weighted by Crippen LogP contribution is 2.23. The molecule has 1 aliphatic heterocycles. The monoisotopic (exact) mass is 457 g/mol. The summed E-state index contributed by atoms with van der Waals surface area (Å²) in [5, 5.41) is 7.49. The summed E-state index contributed by atoms with van der Waals surface area (Å²) >= 11 is 6.42. The van der Waals surface area contributed by atoms with Gasteiger partial charge in [-0.05, 0) is 50.2 Å². The van der Waals surface area contributed by atoms with Gasteiger partial charge in [0, 0.05) is 45.1 Å². The summed E-state index contributed by atoms with van der Waals surface area (Å²) in [6.07, 6.45) is 4.35. The largest absolute Gasteiger partial charge is 0.352 e. The van der Waals surface area contributed by atoms with Gasteiger partial charge in [0.1, 0.15) is 11.0 Å². The van der Waals surface area contributed by atoms with Gasteiger partial charge in [0.2, 0.25) is 5.95 Å². The third-order valence-corrected chi connectivity index (χ3v) is 5.80. The Hall–Kier alpha value is -3.04. The Morgan fingerprint density at radius 2 is 1.81 bits per heavy atom. The van der Waals surface area contributed by atoms with Crippen LogP contribution in [0.15, 0.2) is 42.7 Å². The lowest BCUT2D eigenvalue weighted by molar-refractivity contribution is 0.0951. The average Bonchev–Trinajstić information content (AvgIpc) is 3.12. The van der Waals surface area contributed by atoms with E-state index in [0.717, 1.165) is 45.1 Å². The van der Waals surface area contributed by atoms with E-state index in [1.807, 2.05) is 6.07 Å². The zero-order valence-corrected chi connectivity index (χ0v) is 18.6. The molecule has 10 heteroatoms. The van der Waals surface area contributed by atoms with Gasteiger partial charge in [-0.3, -0.25) is 9.69 Å². The highest BCUT2D eigenvalue weighted by molar-refractivity contribution is 6.33. The molecule has 1 saturated heterocycles. The van der Waals surface area contributed by atoms with Crippen LogP contribution in [0.2, 0.25) is 5.15 Å². The normalized spacial score (nSPS) is 14.5. The van der Waals surface area contributed by atoms with Crippen LogP contribution in [0.5, 0.6) is 0 Å². The molecular weight excluding hydrogens is 433 g/mol. The van der Waals surface area contributed by atoms with Crippen molar-refractivity contribution >= 4 is 23.5 Å². The van der Waals surface area contributed by atoms with E-state index < -0.39 is 0 Å². The summed E-state index contributed by atoms with van der Waals surface area (Å²) in [6, 6.07) is 7.61. The SMILES string of the molecule is Cc1nn(-c2ccc(F)cc2)c(Cl)c1C(=O)NCCCN1CCN(c2ncccn2)CC1. The molecule has 168 valence electrons. The maximum atomic E-state index is 13.2. The van der Waals surface area contributed by atoms with Crippen molar-refractivity contribution in [2.45, 2.75) is 13.3 Å². The minimum atomic E-state index is -0.346. The zero-order chi connectivity index (χ0) is 22.5. The molecule has 1 aliphatic rings. The molecule has 0 spiro atoms. The van der Waals surface area contributed by atoms with Crippen LogP contribution >= 0.6 is 11.6 Å². The lowest BCUT2D eigenvalue weighted by Gasteiger charge is -2.34. The number of hydrogen-bond donors (Lipinski definition) is 1. The number of benzene rings is 1. The van der Waals surface area contributed by atoms with Crippen molar-refractivity contribution in [2.75, 3.05) is 44.2 Å². The number of anilines is 1. The quantitative estimate of drug-likeness (QED) is 0.549. The first-order chi connectivity index (χ1) is 15.5. The number of carbonyl (C=O) groups is 1. The van der Waals surface area contributed by atoms with Crippen molar-refractivity contribution in [3.8, 4) is 5.69 Å². The molecule has 1 N–H and O–H groups in total. The first-order valence-electron chi connectivity index (χ1n) is 10.6. The molecule has 2 aromatic heterocycles. The number of aromatic nitrogens is 4. The van der Waals surface area contributed by atoms with Crippen LogP contribution in [0.1, 0.15) is 22.5 Å². The van der Waals surface area contributed by atoms with Crippen molar-refractivity contribution in [3.63, 3.8) is 0 Å². The lowest BCUT2D eigenvalue weighted by Crippen LogP contribution is -2.47. The number of amides is 1. The molecule has 4 rings (SSSR count). The highest BCUT2D eigenvalue weighted by Gasteiger charge is 2.21. The average molecular weight is 458 g/mol. The molecule has 1 fully saturated rings. The topological polar surface area (TPSA) is 79.2 Å². The first-order valence-corrected chi connectivity index (χ1v) is 10.9. The third kappa shape index (κ3) is 5.05. The van der Waals surface area contributed by atoms with Crippen LogP contribution in [0, 0.1) is 12.7 Å². The number of nitrogens with one attached hydrogen (secondary N) is 1. The van der Waals surface area contributed by atoms with Crippen molar-refractivity contribution in [3.05, 3.63) is 65.0 Å². The van der Waals surface area contributed by atoms with Crippen molar-refractivity contribution in [1.82, 2.24) is 30.0 Å². The number of nitrogens with zero attached hydrogens (tertiary/aromatic N) is 6. The van der Waals surface area contributed by atoms with Gasteiger partial charge in [-0.2, -0.15) is 5.10 Å². The first kappa shape index (κ1) is 22.2. The van der Waals surface area contributed by atoms with Crippen molar-refractivity contribution in [2.24, 2.45) is 0 Å². The second-order valence-corrected chi connectivity index (χ2v) is 7.98. The predicted molar refractivity (Wildman–Crippen MR) is 121 cm³/mol. The molecule has 3 heterocycles. The Balaban J connectivity index is 1.25. The van der Waals surface area contributed by atoms with Gasteiger partial charge < -0.3 is 10.2 Å².